The Morgan fingerprint density at radius 3 is 2.23 bits per heavy atom. The summed E-state index contributed by atoms with van der Waals surface area (Å²) in [7, 11) is 0. The van der Waals surface area contributed by atoms with Crippen LogP contribution >= 0.6 is 11.3 Å². The van der Waals surface area contributed by atoms with Crippen molar-refractivity contribution >= 4 is 54.1 Å². The number of thiophene rings is 1. The molecule has 0 aliphatic carbocycles. The molecule has 6 nitrogen and oxygen atoms in total. The molecule has 47 heavy (non-hydrogen) atoms. The molecule has 0 saturated carbocycles. The maximum atomic E-state index is 5.03. The number of nitrogens with zero attached hydrogens (tertiary/aromatic N) is 6. The lowest BCUT2D eigenvalue weighted by Gasteiger charge is -2.32. The van der Waals surface area contributed by atoms with E-state index in [9.17, 15) is 0 Å². The van der Waals surface area contributed by atoms with Gasteiger partial charge in [-0.05, 0) is 51.4 Å². The van der Waals surface area contributed by atoms with Crippen molar-refractivity contribution in [2.45, 2.75) is 6.17 Å². The number of aromatic nitrogens is 3. The summed E-state index contributed by atoms with van der Waals surface area (Å²) in [6, 6.07) is 45.4. The van der Waals surface area contributed by atoms with Gasteiger partial charge in [0.1, 0.15) is 10.5 Å². The second-order valence-electron chi connectivity index (χ2n) is 11.3. The SMILES string of the molecule is c1ccc(C2=NC(c3cccc(-c4cccc5c(-c6ncc7c(n6)sc6ccccc67)nccc45)c3)=NC(c3ccccc3)[N-]2)cc1. The van der Waals surface area contributed by atoms with Gasteiger partial charge >= 0.3 is 0 Å². The molecule has 0 spiro atoms. The smallest absolute Gasteiger partial charge is 0.180 e. The fourth-order valence-corrected chi connectivity index (χ4v) is 7.19. The summed E-state index contributed by atoms with van der Waals surface area (Å²) in [5.41, 5.74) is 5.82. The Balaban J connectivity index is 1.14. The van der Waals surface area contributed by atoms with Crippen LogP contribution in [0.5, 0.6) is 0 Å². The van der Waals surface area contributed by atoms with Crippen LogP contribution in [0.1, 0.15) is 22.9 Å². The summed E-state index contributed by atoms with van der Waals surface area (Å²) in [5.74, 6) is 1.95. The minimum atomic E-state index is -0.382. The van der Waals surface area contributed by atoms with Crippen molar-refractivity contribution in [1.82, 2.24) is 15.0 Å². The van der Waals surface area contributed by atoms with Gasteiger partial charge in [0, 0.05) is 33.3 Å². The van der Waals surface area contributed by atoms with Crippen LogP contribution in [0.25, 0.3) is 59.0 Å². The van der Waals surface area contributed by atoms with Gasteiger partial charge in [0.2, 0.25) is 0 Å². The highest BCUT2D eigenvalue weighted by Crippen LogP contribution is 2.37. The molecular formula is C40H25N6S-. The normalized spacial score (nSPS) is 14.6. The van der Waals surface area contributed by atoms with Crippen LogP contribution in [0.15, 0.2) is 156 Å². The Hall–Kier alpha value is -6.05. The van der Waals surface area contributed by atoms with Gasteiger partial charge in [0.05, 0.1) is 12.0 Å². The van der Waals surface area contributed by atoms with E-state index >= 15 is 0 Å². The standard InChI is InChI=1S/C40H25N6S/c1-3-11-25(12-4-1)36-43-37(26-13-5-2-6-14-26)45-38(44-36)28-16-9-15-27(23-28)29-18-10-19-32-30(29)21-22-41-35(32)39-42-24-33-31-17-7-8-20-34(31)47-40(33)46-39/h1-24,36H/q-1. The first-order valence-corrected chi connectivity index (χ1v) is 16.2. The zero-order chi connectivity index (χ0) is 31.2. The van der Waals surface area contributed by atoms with Crippen molar-refractivity contribution < 1.29 is 0 Å². The molecule has 1 aliphatic rings. The van der Waals surface area contributed by atoms with Gasteiger partial charge in [-0.3, -0.25) is 9.98 Å². The molecule has 0 fully saturated rings. The van der Waals surface area contributed by atoms with Crippen molar-refractivity contribution in [2.75, 3.05) is 0 Å². The summed E-state index contributed by atoms with van der Waals surface area (Å²) in [5, 5.41) is 9.25. The number of fused-ring (bicyclic) bond motifs is 4. The Kier molecular flexibility index (Phi) is 6.61. The molecule has 1 unspecified atom stereocenters. The lowest BCUT2D eigenvalue weighted by molar-refractivity contribution is 0.878. The first-order valence-electron chi connectivity index (χ1n) is 15.4. The minimum absolute atomic E-state index is 0.382. The highest BCUT2D eigenvalue weighted by atomic mass is 32.1. The third-order valence-electron chi connectivity index (χ3n) is 8.42. The number of hydrogen-bond acceptors (Lipinski definition) is 6. The second-order valence-corrected chi connectivity index (χ2v) is 12.3. The van der Waals surface area contributed by atoms with Crippen molar-refractivity contribution in [3.63, 3.8) is 0 Å². The molecule has 0 N–H and O–H groups in total. The summed E-state index contributed by atoms with van der Waals surface area (Å²) >= 11 is 1.68. The van der Waals surface area contributed by atoms with E-state index < -0.39 is 0 Å². The van der Waals surface area contributed by atoms with Crippen LogP contribution in [0, 0.1) is 0 Å². The van der Waals surface area contributed by atoms with Crippen LogP contribution in [-0.2, 0) is 0 Å². The quantitative estimate of drug-likeness (QED) is 0.192. The summed E-state index contributed by atoms with van der Waals surface area (Å²) < 4.78 is 1.20. The monoisotopic (exact) mass is 621 g/mol. The third-order valence-corrected chi connectivity index (χ3v) is 9.50. The maximum absolute atomic E-state index is 5.03. The number of aliphatic imine (C=N–C) groups is 2. The van der Waals surface area contributed by atoms with Crippen LogP contribution in [0.3, 0.4) is 0 Å². The van der Waals surface area contributed by atoms with Gasteiger partial charge in [-0.25, -0.2) is 9.97 Å². The van der Waals surface area contributed by atoms with Crippen LogP contribution in [0.2, 0.25) is 0 Å². The van der Waals surface area contributed by atoms with Gasteiger partial charge in [0.15, 0.2) is 5.82 Å². The number of rotatable bonds is 5. The molecular weight excluding hydrogens is 597 g/mol. The largest absolute Gasteiger partial charge is 0.438 e. The van der Waals surface area contributed by atoms with Crippen LogP contribution < -0.4 is 0 Å². The van der Waals surface area contributed by atoms with E-state index in [-0.39, 0.29) is 6.17 Å². The van der Waals surface area contributed by atoms with E-state index in [0.29, 0.717) is 17.5 Å². The Bertz CT molecular complexity index is 2500. The fraction of sp³-hybridized carbons (Fsp3) is 0.0250. The molecule has 8 aromatic rings. The van der Waals surface area contributed by atoms with Gasteiger partial charge in [-0.1, -0.05) is 121 Å². The molecule has 4 heterocycles. The van der Waals surface area contributed by atoms with Crippen molar-refractivity contribution in [1.29, 1.82) is 0 Å². The van der Waals surface area contributed by atoms with E-state index in [1.54, 1.807) is 11.3 Å². The molecule has 0 radical (unpaired) electrons. The van der Waals surface area contributed by atoms with Gasteiger partial charge < -0.3 is 10.3 Å². The van der Waals surface area contributed by atoms with E-state index in [4.69, 9.17) is 30.3 Å². The molecule has 1 atom stereocenters. The fourth-order valence-electron chi connectivity index (χ4n) is 6.15. The number of amidine groups is 2. The molecule has 3 aromatic heterocycles. The predicted octanol–water partition coefficient (Wildman–Crippen LogP) is 10.0. The first kappa shape index (κ1) is 27.3. The third kappa shape index (κ3) is 4.94. The summed E-state index contributed by atoms with van der Waals surface area (Å²) in [6.45, 7) is 0. The second kappa shape index (κ2) is 11.4. The van der Waals surface area contributed by atoms with E-state index in [1.807, 2.05) is 60.9 Å². The lowest BCUT2D eigenvalue weighted by atomic mass is 9.96. The Labute approximate surface area is 274 Å². The van der Waals surface area contributed by atoms with Crippen LogP contribution in [0.4, 0.5) is 0 Å². The topological polar surface area (TPSA) is 77.5 Å². The van der Waals surface area contributed by atoms with E-state index in [2.05, 4.69) is 84.9 Å². The number of hydrogen-bond donors (Lipinski definition) is 0. The number of pyridine rings is 1. The van der Waals surface area contributed by atoms with Gasteiger partial charge in [0.25, 0.3) is 0 Å². The predicted molar refractivity (Wildman–Crippen MR) is 193 cm³/mol. The molecule has 0 bridgehead atoms. The molecule has 222 valence electrons. The highest BCUT2D eigenvalue weighted by Gasteiger charge is 2.16. The molecule has 7 heteroatoms. The molecule has 0 saturated heterocycles. The Morgan fingerprint density at radius 1 is 0.596 bits per heavy atom. The van der Waals surface area contributed by atoms with Crippen molar-refractivity contribution in [3.05, 3.63) is 168 Å². The maximum Gasteiger partial charge on any atom is 0.180 e. The zero-order valence-corrected chi connectivity index (χ0v) is 25.8. The van der Waals surface area contributed by atoms with Crippen molar-refractivity contribution in [3.8, 4) is 22.6 Å². The highest BCUT2D eigenvalue weighted by molar-refractivity contribution is 7.25. The van der Waals surface area contributed by atoms with Crippen LogP contribution in [-0.4, -0.2) is 26.6 Å². The summed E-state index contributed by atoms with van der Waals surface area (Å²) in [4.78, 5) is 25.5. The minimum Gasteiger partial charge on any atom is -0.438 e. The zero-order valence-electron chi connectivity index (χ0n) is 25.0. The Morgan fingerprint density at radius 2 is 1.34 bits per heavy atom. The van der Waals surface area contributed by atoms with E-state index in [1.165, 1.54) is 10.1 Å². The molecule has 5 aromatic carbocycles. The van der Waals surface area contributed by atoms with Gasteiger partial charge in [-0.15, -0.1) is 11.3 Å². The first-order chi connectivity index (χ1) is 23.3. The number of benzene rings is 5. The summed E-state index contributed by atoms with van der Waals surface area (Å²) in [6.07, 6.45) is 3.39. The molecule has 0 amide bonds. The lowest BCUT2D eigenvalue weighted by Crippen LogP contribution is -2.15. The van der Waals surface area contributed by atoms with Gasteiger partial charge in [-0.2, -0.15) is 0 Å². The average molecular weight is 622 g/mol. The average Bonchev–Trinajstić information content (AvgIpc) is 3.53. The van der Waals surface area contributed by atoms with Crippen molar-refractivity contribution in [2.24, 2.45) is 9.98 Å². The molecule has 9 rings (SSSR count). The van der Waals surface area contributed by atoms with E-state index in [0.717, 1.165) is 54.5 Å². The molecule has 1 aliphatic heterocycles.